The summed E-state index contributed by atoms with van der Waals surface area (Å²) < 4.78 is 0. The third-order valence-electron chi connectivity index (χ3n) is 1.29. The zero-order chi connectivity index (χ0) is 8.27. The Labute approximate surface area is 70.8 Å². The monoisotopic (exact) mass is 171 g/mol. The number of hydrogen-bond donors (Lipinski definition) is 1. The number of hydrogen-bond acceptors (Lipinski definition) is 2. The summed E-state index contributed by atoms with van der Waals surface area (Å²) in [5.41, 5.74) is 0.865. The maximum absolute atomic E-state index is 9.00. The molecule has 0 aliphatic heterocycles. The Morgan fingerprint density at radius 2 is 2.36 bits per heavy atom. The van der Waals surface area contributed by atoms with E-state index < -0.39 is 0 Å². The van der Waals surface area contributed by atoms with Crippen LogP contribution in [0.25, 0.3) is 0 Å². The van der Waals surface area contributed by atoms with E-state index >= 15 is 0 Å². The van der Waals surface area contributed by atoms with Crippen molar-refractivity contribution in [3.05, 3.63) is 29.0 Å². The van der Waals surface area contributed by atoms with Gasteiger partial charge >= 0.3 is 0 Å². The summed E-state index contributed by atoms with van der Waals surface area (Å²) in [6.07, 6.45) is 1.82. The Morgan fingerprint density at radius 3 is 2.82 bits per heavy atom. The van der Waals surface area contributed by atoms with Crippen LogP contribution < -0.4 is 0 Å². The van der Waals surface area contributed by atoms with Crippen LogP contribution in [0.4, 0.5) is 0 Å². The molecule has 3 heteroatoms. The lowest BCUT2D eigenvalue weighted by molar-refractivity contribution is 0.194. The van der Waals surface area contributed by atoms with Gasteiger partial charge in [0.05, 0.1) is 11.1 Å². The van der Waals surface area contributed by atoms with E-state index in [1.165, 1.54) is 0 Å². The second kappa shape index (κ2) is 3.69. The van der Waals surface area contributed by atoms with E-state index in [1.54, 1.807) is 19.2 Å². The van der Waals surface area contributed by atoms with Crippen molar-refractivity contribution >= 4 is 11.6 Å². The maximum atomic E-state index is 9.00. The number of pyridine rings is 1. The summed E-state index contributed by atoms with van der Waals surface area (Å²) in [7, 11) is 0. The highest BCUT2D eigenvalue weighted by Gasteiger charge is 1.98. The van der Waals surface area contributed by atoms with Crippen LogP contribution in [0, 0.1) is 0 Å². The molecular formula is C8H10ClNO. The highest BCUT2D eigenvalue weighted by Crippen LogP contribution is 2.07. The third kappa shape index (κ3) is 2.87. The van der Waals surface area contributed by atoms with Crippen LogP contribution in [0.5, 0.6) is 0 Å². The van der Waals surface area contributed by atoms with E-state index in [0.717, 1.165) is 5.69 Å². The van der Waals surface area contributed by atoms with Crippen molar-refractivity contribution in [2.24, 2.45) is 0 Å². The van der Waals surface area contributed by atoms with Gasteiger partial charge in [-0.15, -0.1) is 0 Å². The van der Waals surface area contributed by atoms with Crippen molar-refractivity contribution < 1.29 is 5.11 Å². The van der Waals surface area contributed by atoms with E-state index in [4.69, 9.17) is 16.7 Å². The molecule has 0 saturated heterocycles. The molecule has 0 bridgehead atoms. The molecule has 0 amide bonds. The highest BCUT2D eigenvalue weighted by atomic mass is 35.5. The molecule has 0 spiro atoms. The topological polar surface area (TPSA) is 33.1 Å². The van der Waals surface area contributed by atoms with Gasteiger partial charge in [0.15, 0.2) is 0 Å². The van der Waals surface area contributed by atoms with E-state index in [1.807, 2.05) is 6.07 Å². The minimum atomic E-state index is -0.344. The molecular weight excluding hydrogens is 162 g/mol. The first-order chi connectivity index (χ1) is 5.18. The molecule has 0 saturated carbocycles. The van der Waals surface area contributed by atoms with Crippen LogP contribution >= 0.6 is 11.6 Å². The molecule has 11 heavy (non-hydrogen) atoms. The normalized spacial score (nSPS) is 13.0. The Kier molecular flexibility index (Phi) is 2.85. The quantitative estimate of drug-likeness (QED) is 0.734. The van der Waals surface area contributed by atoms with Gasteiger partial charge in [-0.1, -0.05) is 11.6 Å². The van der Waals surface area contributed by atoms with Crippen LogP contribution in [0.15, 0.2) is 18.3 Å². The molecule has 1 rings (SSSR count). The van der Waals surface area contributed by atoms with Gasteiger partial charge in [0.25, 0.3) is 0 Å². The van der Waals surface area contributed by atoms with Gasteiger partial charge in [0, 0.05) is 18.3 Å². The van der Waals surface area contributed by atoms with Crippen molar-refractivity contribution in [1.82, 2.24) is 4.98 Å². The molecule has 0 aliphatic carbocycles. The summed E-state index contributed by atoms with van der Waals surface area (Å²) in [6.45, 7) is 1.73. The van der Waals surface area contributed by atoms with Gasteiger partial charge in [-0.3, -0.25) is 4.98 Å². The van der Waals surface area contributed by atoms with Crippen LogP contribution in [-0.4, -0.2) is 16.2 Å². The first-order valence-electron chi connectivity index (χ1n) is 3.47. The number of halogens is 1. The minimum Gasteiger partial charge on any atom is -0.393 e. The first-order valence-corrected chi connectivity index (χ1v) is 3.85. The molecule has 0 fully saturated rings. The SMILES string of the molecule is C[C@@H](O)Cc1ccc(Cl)cn1. The molecule has 60 valence electrons. The van der Waals surface area contributed by atoms with Crippen molar-refractivity contribution in [2.75, 3.05) is 0 Å². The molecule has 1 heterocycles. The third-order valence-corrected chi connectivity index (χ3v) is 1.52. The number of nitrogens with zero attached hydrogens (tertiary/aromatic N) is 1. The fraction of sp³-hybridized carbons (Fsp3) is 0.375. The highest BCUT2D eigenvalue weighted by molar-refractivity contribution is 6.30. The summed E-state index contributed by atoms with van der Waals surface area (Å²) >= 11 is 5.62. The Hall–Kier alpha value is -0.600. The Balaban J connectivity index is 2.66. The van der Waals surface area contributed by atoms with Crippen molar-refractivity contribution in [3.8, 4) is 0 Å². The minimum absolute atomic E-state index is 0.344. The number of aliphatic hydroxyl groups excluding tert-OH is 1. The summed E-state index contributed by atoms with van der Waals surface area (Å²) in [5.74, 6) is 0. The van der Waals surface area contributed by atoms with Crippen molar-refractivity contribution in [1.29, 1.82) is 0 Å². The molecule has 2 nitrogen and oxygen atoms in total. The number of aromatic nitrogens is 1. The van der Waals surface area contributed by atoms with E-state index in [9.17, 15) is 0 Å². The predicted octanol–water partition coefficient (Wildman–Crippen LogP) is 1.66. The molecule has 1 aromatic rings. The van der Waals surface area contributed by atoms with Gasteiger partial charge < -0.3 is 5.11 Å². The van der Waals surface area contributed by atoms with Gasteiger partial charge in [-0.25, -0.2) is 0 Å². The van der Waals surface area contributed by atoms with Gasteiger partial charge in [-0.05, 0) is 19.1 Å². The molecule has 1 aromatic heterocycles. The fourth-order valence-electron chi connectivity index (χ4n) is 0.830. The average molecular weight is 172 g/mol. The van der Waals surface area contributed by atoms with E-state index in [-0.39, 0.29) is 6.10 Å². The average Bonchev–Trinajstić information content (AvgIpc) is 1.93. The lowest BCUT2D eigenvalue weighted by atomic mass is 10.2. The Bertz CT molecular complexity index is 220. The summed E-state index contributed by atoms with van der Waals surface area (Å²) in [6, 6.07) is 3.58. The van der Waals surface area contributed by atoms with Crippen LogP contribution in [0.3, 0.4) is 0 Å². The zero-order valence-electron chi connectivity index (χ0n) is 6.29. The van der Waals surface area contributed by atoms with Gasteiger partial charge in [-0.2, -0.15) is 0 Å². The van der Waals surface area contributed by atoms with E-state index in [2.05, 4.69) is 4.98 Å². The van der Waals surface area contributed by atoms with Crippen LogP contribution in [0.1, 0.15) is 12.6 Å². The molecule has 1 atom stereocenters. The van der Waals surface area contributed by atoms with Crippen molar-refractivity contribution in [3.63, 3.8) is 0 Å². The second-order valence-corrected chi connectivity index (χ2v) is 2.96. The second-order valence-electron chi connectivity index (χ2n) is 2.52. The summed E-state index contributed by atoms with van der Waals surface area (Å²) in [5, 5.41) is 9.63. The first kappa shape index (κ1) is 8.50. The lowest BCUT2D eigenvalue weighted by Gasteiger charge is -2.01. The fourth-order valence-corrected chi connectivity index (χ4v) is 0.942. The standard InChI is InChI=1S/C8H10ClNO/c1-6(11)4-8-3-2-7(9)5-10-8/h2-3,5-6,11H,4H2,1H3/t6-/m1/s1. The smallest absolute Gasteiger partial charge is 0.0589 e. The van der Waals surface area contributed by atoms with Gasteiger partial charge in [0.1, 0.15) is 0 Å². The molecule has 0 radical (unpaired) electrons. The molecule has 0 aliphatic rings. The number of aliphatic hydroxyl groups is 1. The maximum Gasteiger partial charge on any atom is 0.0589 e. The Morgan fingerprint density at radius 1 is 1.64 bits per heavy atom. The van der Waals surface area contributed by atoms with E-state index in [0.29, 0.717) is 11.4 Å². The van der Waals surface area contributed by atoms with Crippen LogP contribution in [-0.2, 0) is 6.42 Å². The molecule has 0 aromatic carbocycles. The van der Waals surface area contributed by atoms with Crippen molar-refractivity contribution in [2.45, 2.75) is 19.4 Å². The lowest BCUT2D eigenvalue weighted by Crippen LogP contribution is -2.05. The van der Waals surface area contributed by atoms with Crippen LogP contribution in [0.2, 0.25) is 5.02 Å². The number of rotatable bonds is 2. The largest absolute Gasteiger partial charge is 0.393 e. The zero-order valence-corrected chi connectivity index (χ0v) is 7.04. The predicted molar refractivity (Wildman–Crippen MR) is 44.6 cm³/mol. The molecule has 0 unspecified atom stereocenters. The molecule has 1 N–H and O–H groups in total. The summed E-state index contributed by atoms with van der Waals surface area (Å²) in [4.78, 5) is 4.03. The van der Waals surface area contributed by atoms with Gasteiger partial charge in [0.2, 0.25) is 0 Å².